The van der Waals surface area contributed by atoms with E-state index in [1.807, 2.05) is 12.1 Å². The number of nitrogens with one attached hydrogen (secondary N) is 1. The number of hydrogen-bond donors (Lipinski definition) is 1. The van der Waals surface area contributed by atoms with Gasteiger partial charge in [-0.3, -0.25) is 0 Å². The SMILES string of the molecule is CCCNCC(CCCOC)Cc1ccc(F)cc1. The Labute approximate surface area is 116 Å². The van der Waals surface area contributed by atoms with Gasteiger partial charge in [-0.15, -0.1) is 0 Å². The fraction of sp³-hybridized carbons (Fsp3) is 0.625. The van der Waals surface area contributed by atoms with Crippen molar-refractivity contribution in [1.29, 1.82) is 0 Å². The van der Waals surface area contributed by atoms with Crippen molar-refractivity contribution in [2.24, 2.45) is 5.92 Å². The second-order valence-electron chi connectivity index (χ2n) is 5.04. The first-order chi connectivity index (χ1) is 9.26. The molecule has 1 rings (SSSR count). The molecule has 0 bridgehead atoms. The maximum Gasteiger partial charge on any atom is 0.123 e. The molecule has 0 aliphatic carbocycles. The second-order valence-corrected chi connectivity index (χ2v) is 5.04. The molecule has 19 heavy (non-hydrogen) atoms. The quantitative estimate of drug-likeness (QED) is 0.656. The maximum absolute atomic E-state index is 12.9. The van der Waals surface area contributed by atoms with Crippen LogP contribution in [0.15, 0.2) is 24.3 Å². The number of hydrogen-bond acceptors (Lipinski definition) is 2. The smallest absolute Gasteiger partial charge is 0.123 e. The van der Waals surface area contributed by atoms with E-state index in [0.717, 1.165) is 45.4 Å². The largest absolute Gasteiger partial charge is 0.385 e. The summed E-state index contributed by atoms with van der Waals surface area (Å²) in [5.74, 6) is 0.427. The van der Waals surface area contributed by atoms with Gasteiger partial charge in [-0.25, -0.2) is 4.39 Å². The Morgan fingerprint density at radius 1 is 1.26 bits per heavy atom. The first kappa shape index (κ1) is 16.1. The highest BCUT2D eigenvalue weighted by atomic mass is 19.1. The topological polar surface area (TPSA) is 21.3 Å². The number of rotatable bonds is 10. The third-order valence-electron chi connectivity index (χ3n) is 3.26. The predicted molar refractivity (Wildman–Crippen MR) is 77.9 cm³/mol. The van der Waals surface area contributed by atoms with Gasteiger partial charge in [-0.2, -0.15) is 0 Å². The van der Waals surface area contributed by atoms with E-state index in [2.05, 4.69) is 12.2 Å². The molecule has 0 amide bonds. The first-order valence-corrected chi connectivity index (χ1v) is 7.20. The Morgan fingerprint density at radius 3 is 2.63 bits per heavy atom. The first-order valence-electron chi connectivity index (χ1n) is 7.20. The van der Waals surface area contributed by atoms with E-state index >= 15 is 0 Å². The number of methoxy groups -OCH3 is 1. The zero-order valence-corrected chi connectivity index (χ0v) is 12.1. The summed E-state index contributed by atoms with van der Waals surface area (Å²) in [5.41, 5.74) is 1.21. The minimum Gasteiger partial charge on any atom is -0.385 e. The number of benzene rings is 1. The Kier molecular flexibility index (Phi) is 8.43. The summed E-state index contributed by atoms with van der Waals surface area (Å²) in [4.78, 5) is 0. The molecular weight excluding hydrogens is 241 g/mol. The van der Waals surface area contributed by atoms with Crippen LogP contribution in [0.2, 0.25) is 0 Å². The normalized spacial score (nSPS) is 12.6. The van der Waals surface area contributed by atoms with Gasteiger partial charge in [0.1, 0.15) is 5.82 Å². The monoisotopic (exact) mass is 267 g/mol. The molecule has 1 unspecified atom stereocenters. The lowest BCUT2D eigenvalue weighted by Crippen LogP contribution is -2.25. The molecule has 1 aromatic carbocycles. The van der Waals surface area contributed by atoms with Gasteiger partial charge in [-0.05, 0) is 62.4 Å². The summed E-state index contributed by atoms with van der Waals surface area (Å²) in [7, 11) is 1.74. The molecule has 1 N–H and O–H groups in total. The average Bonchev–Trinajstić information content (AvgIpc) is 2.41. The van der Waals surface area contributed by atoms with E-state index in [9.17, 15) is 4.39 Å². The van der Waals surface area contributed by atoms with Gasteiger partial charge in [-0.1, -0.05) is 19.1 Å². The molecule has 0 saturated heterocycles. The van der Waals surface area contributed by atoms with Crippen molar-refractivity contribution in [2.75, 3.05) is 26.8 Å². The van der Waals surface area contributed by atoms with Crippen molar-refractivity contribution in [3.8, 4) is 0 Å². The van der Waals surface area contributed by atoms with E-state index in [4.69, 9.17) is 4.74 Å². The molecule has 108 valence electrons. The molecule has 0 aliphatic rings. The zero-order valence-electron chi connectivity index (χ0n) is 12.1. The van der Waals surface area contributed by atoms with Crippen LogP contribution in [0.1, 0.15) is 31.7 Å². The van der Waals surface area contributed by atoms with E-state index in [1.54, 1.807) is 19.2 Å². The average molecular weight is 267 g/mol. The lowest BCUT2D eigenvalue weighted by Gasteiger charge is -2.17. The van der Waals surface area contributed by atoms with Crippen molar-refractivity contribution in [2.45, 2.75) is 32.6 Å². The molecule has 0 aromatic heterocycles. The lowest BCUT2D eigenvalue weighted by atomic mass is 9.94. The van der Waals surface area contributed by atoms with E-state index < -0.39 is 0 Å². The zero-order chi connectivity index (χ0) is 13.9. The minimum atomic E-state index is -0.163. The van der Waals surface area contributed by atoms with Gasteiger partial charge in [0.15, 0.2) is 0 Å². The van der Waals surface area contributed by atoms with Crippen molar-refractivity contribution >= 4 is 0 Å². The molecule has 1 atom stereocenters. The highest BCUT2D eigenvalue weighted by molar-refractivity contribution is 5.16. The molecular formula is C16H26FNO. The molecule has 0 saturated carbocycles. The van der Waals surface area contributed by atoms with Crippen LogP contribution in [0.5, 0.6) is 0 Å². The predicted octanol–water partition coefficient (Wildman–Crippen LogP) is 3.41. The Morgan fingerprint density at radius 2 is 2.00 bits per heavy atom. The van der Waals surface area contributed by atoms with Gasteiger partial charge < -0.3 is 10.1 Å². The van der Waals surface area contributed by atoms with E-state index in [-0.39, 0.29) is 5.82 Å². The third-order valence-corrected chi connectivity index (χ3v) is 3.26. The summed E-state index contributed by atoms with van der Waals surface area (Å²) in [6.45, 7) is 5.07. The van der Waals surface area contributed by atoms with Gasteiger partial charge in [0.25, 0.3) is 0 Å². The standard InChI is InChI=1S/C16H26FNO/c1-3-10-18-13-15(5-4-11-19-2)12-14-6-8-16(17)9-7-14/h6-9,15,18H,3-5,10-13H2,1-2H3. The molecule has 0 spiro atoms. The molecule has 0 fully saturated rings. The number of halogens is 1. The fourth-order valence-corrected chi connectivity index (χ4v) is 2.23. The van der Waals surface area contributed by atoms with Crippen LogP contribution in [0.4, 0.5) is 4.39 Å². The fourth-order valence-electron chi connectivity index (χ4n) is 2.23. The molecule has 2 nitrogen and oxygen atoms in total. The Balaban J connectivity index is 2.44. The van der Waals surface area contributed by atoms with Crippen LogP contribution in [0.3, 0.4) is 0 Å². The van der Waals surface area contributed by atoms with Crippen LogP contribution in [-0.4, -0.2) is 26.8 Å². The Bertz CT molecular complexity index is 316. The van der Waals surface area contributed by atoms with Crippen LogP contribution in [0.25, 0.3) is 0 Å². The summed E-state index contributed by atoms with van der Waals surface area (Å²) in [5, 5.41) is 3.48. The second kappa shape index (κ2) is 9.93. The van der Waals surface area contributed by atoms with E-state index in [0.29, 0.717) is 5.92 Å². The van der Waals surface area contributed by atoms with Crippen molar-refractivity contribution in [1.82, 2.24) is 5.32 Å². The van der Waals surface area contributed by atoms with Gasteiger partial charge in [0.2, 0.25) is 0 Å². The third kappa shape index (κ3) is 7.28. The number of ether oxygens (including phenoxy) is 1. The van der Waals surface area contributed by atoms with Crippen LogP contribution in [-0.2, 0) is 11.2 Å². The molecule has 0 radical (unpaired) electrons. The van der Waals surface area contributed by atoms with Crippen molar-refractivity contribution in [3.63, 3.8) is 0 Å². The van der Waals surface area contributed by atoms with Gasteiger partial charge in [0.05, 0.1) is 0 Å². The highest BCUT2D eigenvalue weighted by Gasteiger charge is 2.09. The molecule has 0 heterocycles. The van der Waals surface area contributed by atoms with E-state index in [1.165, 1.54) is 5.56 Å². The lowest BCUT2D eigenvalue weighted by molar-refractivity contribution is 0.186. The Hall–Kier alpha value is -0.930. The molecule has 1 aromatic rings. The maximum atomic E-state index is 12.9. The van der Waals surface area contributed by atoms with Crippen LogP contribution in [0, 0.1) is 11.7 Å². The molecule has 3 heteroatoms. The highest BCUT2D eigenvalue weighted by Crippen LogP contribution is 2.14. The minimum absolute atomic E-state index is 0.163. The summed E-state index contributed by atoms with van der Waals surface area (Å²) in [6, 6.07) is 6.86. The van der Waals surface area contributed by atoms with Gasteiger partial charge in [0, 0.05) is 13.7 Å². The van der Waals surface area contributed by atoms with Crippen molar-refractivity contribution < 1.29 is 9.13 Å². The summed E-state index contributed by atoms with van der Waals surface area (Å²) in [6.07, 6.45) is 4.38. The van der Waals surface area contributed by atoms with Crippen molar-refractivity contribution in [3.05, 3.63) is 35.6 Å². The van der Waals surface area contributed by atoms with Gasteiger partial charge >= 0.3 is 0 Å². The summed E-state index contributed by atoms with van der Waals surface area (Å²) >= 11 is 0. The molecule has 0 aliphatic heterocycles. The summed E-state index contributed by atoms with van der Waals surface area (Å²) < 4.78 is 18.0. The van der Waals surface area contributed by atoms with Crippen LogP contribution < -0.4 is 5.32 Å². The van der Waals surface area contributed by atoms with Crippen LogP contribution >= 0.6 is 0 Å².